The van der Waals surface area contributed by atoms with Crippen LogP contribution in [0, 0.1) is 0 Å². The van der Waals surface area contributed by atoms with Gasteiger partial charge in [0.15, 0.2) is 0 Å². The molecule has 0 spiro atoms. The highest BCUT2D eigenvalue weighted by Crippen LogP contribution is 2.30. The normalized spacial score (nSPS) is 25.4. The molecule has 2 atom stereocenters. The molecule has 1 fully saturated rings. The van der Waals surface area contributed by atoms with Crippen molar-refractivity contribution < 1.29 is 0 Å². The highest BCUT2D eigenvalue weighted by atomic mass is 32.1. The van der Waals surface area contributed by atoms with Crippen molar-refractivity contribution in [3.05, 3.63) is 22.4 Å². The Morgan fingerprint density at radius 3 is 3.21 bits per heavy atom. The lowest BCUT2D eigenvalue weighted by Gasteiger charge is -2.29. The minimum Gasteiger partial charge on any atom is -0.329 e. The van der Waals surface area contributed by atoms with E-state index in [2.05, 4.69) is 29.3 Å². The fraction of sp³-hybridized carbons (Fsp3) is 0.636. The number of thiophene rings is 1. The van der Waals surface area contributed by atoms with Crippen LogP contribution in [0.5, 0.6) is 0 Å². The number of hydrogen-bond acceptors (Lipinski definition) is 3. The van der Waals surface area contributed by atoms with Crippen LogP contribution in [0.1, 0.15) is 30.7 Å². The van der Waals surface area contributed by atoms with Crippen molar-refractivity contribution in [1.82, 2.24) is 4.90 Å². The molecule has 2 nitrogen and oxygen atoms in total. The van der Waals surface area contributed by atoms with Gasteiger partial charge in [-0.05, 0) is 37.8 Å². The van der Waals surface area contributed by atoms with Crippen LogP contribution in [0.2, 0.25) is 0 Å². The van der Waals surface area contributed by atoms with Crippen LogP contribution in [0.25, 0.3) is 0 Å². The molecule has 2 N–H and O–H groups in total. The Morgan fingerprint density at radius 2 is 2.57 bits per heavy atom. The highest BCUT2D eigenvalue weighted by Gasteiger charge is 2.28. The first kappa shape index (κ1) is 10.1. The summed E-state index contributed by atoms with van der Waals surface area (Å²) in [6.45, 7) is 4.30. The maximum atomic E-state index is 5.78. The first-order valence-corrected chi connectivity index (χ1v) is 6.20. The van der Waals surface area contributed by atoms with Gasteiger partial charge in [0, 0.05) is 23.5 Å². The third kappa shape index (κ3) is 1.85. The van der Waals surface area contributed by atoms with Crippen LogP contribution in [-0.4, -0.2) is 24.0 Å². The van der Waals surface area contributed by atoms with Crippen molar-refractivity contribution in [2.24, 2.45) is 5.73 Å². The Morgan fingerprint density at radius 1 is 1.71 bits per heavy atom. The van der Waals surface area contributed by atoms with E-state index in [4.69, 9.17) is 5.73 Å². The number of hydrogen-bond donors (Lipinski definition) is 1. The van der Waals surface area contributed by atoms with Gasteiger partial charge in [-0.1, -0.05) is 6.07 Å². The second kappa shape index (κ2) is 4.43. The maximum Gasteiger partial charge on any atom is 0.0416 e. The third-order valence-corrected chi connectivity index (χ3v) is 4.19. The Balaban J connectivity index is 2.07. The maximum absolute atomic E-state index is 5.78. The summed E-state index contributed by atoms with van der Waals surface area (Å²) in [4.78, 5) is 4.01. The van der Waals surface area contributed by atoms with E-state index in [0.29, 0.717) is 12.1 Å². The van der Waals surface area contributed by atoms with Gasteiger partial charge in [-0.25, -0.2) is 0 Å². The molecule has 1 aliphatic rings. The van der Waals surface area contributed by atoms with Crippen molar-refractivity contribution in [2.45, 2.75) is 31.8 Å². The van der Waals surface area contributed by atoms with Gasteiger partial charge < -0.3 is 5.73 Å². The van der Waals surface area contributed by atoms with Crippen LogP contribution in [0.3, 0.4) is 0 Å². The van der Waals surface area contributed by atoms with E-state index in [-0.39, 0.29) is 0 Å². The zero-order valence-electron chi connectivity index (χ0n) is 8.65. The molecule has 2 unspecified atom stereocenters. The third-order valence-electron chi connectivity index (χ3n) is 3.15. The number of rotatable bonds is 3. The SMILES string of the molecule is CC(c1cccs1)N1CCCC1CN. The lowest BCUT2D eigenvalue weighted by molar-refractivity contribution is 0.199. The molecule has 2 rings (SSSR count). The molecule has 2 heterocycles. The van der Waals surface area contributed by atoms with E-state index < -0.39 is 0 Å². The van der Waals surface area contributed by atoms with Crippen LogP contribution < -0.4 is 5.73 Å². The summed E-state index contributed by atoms with van der Waals surface area (Å²) < 4.78 is 0. The van der Waals surface area contributed by atoms with Crippen LogP contribution in [0.15, 0.2) is 17.5 Å². The average Bonchev–Trinajstić information content (AvgIpc) is 2.87. The molecule has 1 aliphatic heterocycles. The summed E-state index contributed by atoms with van der Waals surface area (Å²) in [5.41, 5.74) is 5.78. The van der Waals surface area contributed by atoms with Gasteiger partial charge in [0.25, 0.3) is 0 Å². The number of likely N-dealkylation sites (tertiary alicyclic amines) is 1. The predicted octanol–water partition coefficient (Wildman–Crippen LogP) is 2.23. The van der Waals surface area contributed by atoms with E-state index in [9.17, 15) is 0 Å². The smallest absolute Gasteiger partial charge is 0.0416 e. The van der Waals surface area contributed by atoms with Gasteiger partial charge in [0.1, 0.15) is 0 Å². The van der Waals surface area contributed by atoms with Crippen molar-refractivity contribution >= 4 is 11.3 Å². The second-order valence-corrected chi connectivity index (χ2v) is 4.94. The monoisotopic (exact) mass is 210 g/mol. The van der Waals surface area contributed by atoms with E-state index in [0.717, 1.165) is 6.54 Å². The summed E-state index contributed by atoms with van der Waals surface area (Å²) in [6.07, 6.45) is 2.57. The highest BCUT2D eigenvalue weighted by molar-refractivity contribution is 7.10. The first-order chi connectivity index (χ1) is 6.83. The molecule has 3 heteroatoms. The van der Waals surface area contributed by atoms with Gasteiger partial charge in [0.2, 0.25) is 0 Å². The van der Waals surface area contributed by atoms with Crippen LogP contribution >= 0.6 is 11.3 Å². The Bertz CT molecular complexity index is 271. The van der Waals surface area contributed by atoms with Crippen molar-refractivity contribution in [3.63, 3.8) is 0 Å². The number of nitrogens with zero attached hydrogens (tertiary/aromatic N) is 1. The van der Waals surface area contributed by atoms with E-state index in [1.165, 1.54) is 24.3 Å². The van der Waals surface area contributed by atoms with E-state index >= 15 is 0 Å². The van der Waals surface area contributed by atoms with Crippen LogP contribution in [-0.2, 0) is 0 Å². The van der Waals surface area contributed by atoms with E-state index in [1.807, 2.05) is 11.3 Å². The number of nitrogens with two attached hydrogens (primary N) is 1. The molecule has 78 valence electrons. The summed E-state index contributed by atoms with van der Waals surface area (Å²) in [5, 5.41) is 2.15. The van der Waals surface area contributed by atoms with Gasteiger partial charge in [-0.3, -0.25) is 4.90 Å². The topological polar surface area (TPSA) is 29.3 Å². The summed E-state index contributed by atoms with van der Waals surface area (Å²) in [6, 6.07) is 5.50. The minimum absolute atomic E-state index is 0.547. The Labute approximate surface area is 89.7 Å². The van der Waals surface area contributed by atoms with Gasteiger partial charge in [0.05, 0.1) is 0 Å². The fourth-order valence-electron chi connectivity index (χ4n) is 2.31. The molecule has 1 aromatic rings. The zero-order chi connectivity index (χ0) is 9.97. The molecule has 0 radical (unpaired) electrons. The molecule has 0 bridgehead atoms. The molecule has 0 amide bonds. The van der Waals surface area contributed by atoms with Crippen molar-refractivity contribution in [3.8, 4) is 0 Å². The summed E-state index contributed by atoms with van der Waals surface area (Å²) in [7, 11) is 0. The van der Waals surface area contributed by atoms with Gasteiger partial charge >= 0.3 is 0 Å². The lowest BCUT2D eigenvalue weighted by Crippen LogP contribution is -2.36. The minimum atomic E-state index is 0.547. The molecule has 0 saturated carbocycles. The molecular weight excluding hydrogens is 192 g/mol. The second-order valence-electron chi connectivity index (χ2n) is 3.96. The molecule has 1 saturated heterocycles. The Hall–Kier alpha value is -0.380. The lowest BCUT2D eigenvalue weighted by atomic mass is 10.2. The molecule has 14 heavy (non-hydrogen) atoms. The summed E-state index contributed by atoms with van der Waals surface area (Å²) >= 11 is 1.85. The van der Waals surface area contributed by atoms with Crippen molar-refractivity contribution in [1.29, 1.82) is 0 Å². The summed E-state index contributed by atoms with van der Waals surface area (Å²) in [5.74, 6) is 0. The quantitative estimate of drug-likeness (QED) is 0.829. The average molecular weight is 210 g/mol. The van der Waals surface area contributed by atoms with Gasteiger partial charge in [-0.15, -0.1) is 11.3 Å². The molecular formula is C11H18N2S. The predicted molar refractivity (Wildman–Crippen MR) is 61.5 cm³/mol. The Kier molecular flexibility index (Phi) is 3.21. The molecule has 1 aromatic heterocycles. The van der Waals surface area contributed by atoms with Gasteiger partial charge in [-0.2, -0.15) is 0 Å². The zero-order valence-corrected chi connectivity index (χ0v) is 9.46. The van der Waals surface area contributed by atoms with E-state index in [1.54, 1.807) is 0 Å². The van der Waals surface area contributed by atoms with Crippen LogP contribution in [0.4, 0.5) is 0 Å². The molecule has 0 aromatic carbocycles. The fourth-order valence-corrected chi connectivity index (χ4v) is 3.12. The van der Waals surface area contributed by atoms with Crippen molar-refractivity contribution in [2.75, 3.05) is 13.1 Å². The standard InChI is InChI=1S/C11H18N2S/c1-9(11-5-3-7-14-11)13-6-2-4-10(13)8-12/h3,5,7,9-10H,2,4,6,8,12H2,1H3. The molecule has 0 aliphatic carbocycles. The first-order valence-electron chi connectivity index (χ1n) is 5.32. The largest absolute Gasteiger partial charge is 0.329 e.